The number of nitrogens with zero attached hydrogens (tertiary/aromatic N) is 2. The van der Waals surface area contributed by atoms with Gasteiger partial charge < -0.3 is 10.8 Å². The lowest BCUT2D eigenvalue weighted by Crippen LogP contribution is -2.12. The van der Waals surface area contributed by atoms with Crippen LogP contribution in [-0.2, 0) is 6.54 Å². The van der Waals surface area contributed by atoms with Crippen molar-refractivity contribution in [2.75, 3.05) is 0 Å². The van der Waals surface area contributed by atoms with Crippen LogP contribution >= 0.6 is 0 Å². The molecular formula is C8H11N3O2. The Kier molecular flexibility index (Phi) is 2.57. The molecule has 0 fully saturated rings. The van der Waals surface area contributed by atoms with Crippen LogP contribution in [0.5, 0.6) is 0 Å². The molecule has 0 aliphatic carbocycles. The second-order valence-corrected chi connectivity index (χ2v) is 2.69. The normalized spacial score (nSPS) is 10.1. The van der Waals surface area contributed by atoms with Crippen LogP contribution in [0.15, 0.2) is 0 Å². The smallest absolute Gasteiger partial charge is 0.339 e. The Morgan fingerprint density at radius 1 is 1.38 bits per heavy atom. The second kappa shape index (κ2) is 3.49. The van der Waals surface area contributed by atoms with Crippen molar-refractivity contribution >= 4 is 5.97 Å². The molecule has 0 radical (unpaired) electrons. The quantitative estimate of drug-likeness (QED) is 0.682. The molecule has 0 saturated heterocycles. The molecule has 0 saturated carbocycles. The molecule has 5 nitrogen and oxygen atoms in total. The highest BCUT2D eigenvalue weighted by Crippen LogP contribution is 2.09. The van der Waals surface area contributed by atoms with E-state index in [1.165, 1.54) is 0 Å². The van der Waals surface area contributed by atoms with Gasteiger partial charge in [0, 0.05) is 0 Å². The second-order valence-electron chi connectivity index (χ2n) is 2.69. The lowest BCUT2D eigenvalue weighted by Gasteiger charge is -2.05. The SMILES string of the molecule is Cc1nc(CN)nc(C)c1C(=O)O. The summed E-state index contributed by atoms with van der Waals surface area (Å²) in [5.74, 6) is -0.529. The maximum atomic E-state index is 10.7. The average Bonchev–Trinajstić information content (AvgIpc) is 2.02. The molecule has 0 aliphatic rings. The molecule has 3 N–H and O–H groups in total. The highest BCUT2D eigenvalue weighted by Gasteiger charge is 2.13. The molecule has 1 heterocycles. The lowest BCUT2D eigenvalue weighted by atomic mass is 10.2. The Hall–Kier alpha value is -1.49. The van der Waals surface area contributed by atoms with Crippen molar-refractivity contribution in [3.05, 3.63) is 22.8 Å². The lowest BCUT2D eigenvalue weighted by molar-refractivity contribution is 0.0694. The molecule has 0 unspecified atom stereocenters. The van der Waals surface area contributed by atoms with Crippen molar-refractivity contribution in [3.8, 4) is 0 Å². The van der Waals surface area contributed by atoms with Gasteiger partial charge in [-0.1, -0.05) is 0 Å². The number of carboxylic acid groups (broad SMARTS) is 1. The van der Waals surface area contributed by atoms with Crippen LogP contribution in [0, 0.1) is 13.8 Å². The first kappa shape index (κ1) is 9.60. The zero-order valence-electron chi connectivity index (χ0n) is 7.53. The van der Waals surface area contributed by atoms with Gasteiger partial charge in [-0.15, -0.1) is 0 Å². The molecule has 1 aromatic heterocycles. The first-order valence-electron chi connectivity index (χ1n) is 3.83. The minimum Gasteiger partial charge on any atom is -0.478 e. The molecule has 0 spiro atoms. The fourth-order valence-corrected chi connectivity index (χ4v) is 1.19. The Labute approximate surface area is 75.6 Å². The van der Waals surface area contributed by atoms with E-state index in [0.29, 0.717) is 17.2 Å². The monoisotopic (exact) mass is 181 g/mol. The van der Waals surface area contributed by atoms with E-state index < -0.39 is 5.97 Å². The summed E-state index contributed by atoms with van der Waals surface area (Å²) in [6, 6.07) is 0. The number of carboxylic acids is 1. The summed E-state index contributed by atoms with van der Waals surface area (Å²) < 4.78 is 0. The van der Waals surface area contributed by atoms with Crippen LogP contribution in [-0.4, -0.2) is 21.0 Å². The van der Waals surface area contributed by atoms with E-state index >= 15 is 0 Å². The van der Waals surface area contributed by atoms with Crippen LogP contribution < -0.4 is 5.73 Å². The molecular weight excluding hydrogens is 170 g/mol. The van der Waals surface area contributed by atoms with E-state index in [0.717, 1.165) is 0 Å². The third kappa shape index (κ3) is 1.81. The van der Waals surface area contributed by atoms with Gasteiger partial charge in [0.15, 0.2) is 0 Å². The summed E-state index contributed by atoms with van der Waals surface area (Å²) in [5, 5.41) is 8.80. The van der Waals surface area contributed by atoms with Gasteiger partial charge in [-0.05, 0) is 13.8 Å². The molecule has 1 aromatic rings. The summed E-state index contributed by atoms with van der Waals surface area (Å²) in [4.78, 5) is 18.6. The number of nitrogens with two attached hydrogens (primary N) is 1. The van der Waals surface area contributed by atoms with E-state index in [1.807, 2.05) is 0 Å². The molecule has 0 atom stereocenters. The van der Waals surface area contributed by atoms with Gasteiger partial charge in [-0.3, -0.25) is 0 Å². The van der Waals surface area contributed by atoms with E-state index in [4.69, 9.17) is 10.8 Å². The van der Waals surface area contributed by atoms with E-state index in [2.05, 4.69) is 9.97 Å². The average molecular weight is 181 g/mol. The molecule has 0 aromatic carbocycles. The summed E-state index contributed by atoms with van der Waals surface area (Å²) in [7, 11) is 0. The summed E-state index contributed by atoms with van der Waals surface area (Å²) in [6.45, 7) is 3.50. The third-order valence-corrected chi connectivity index (χ3v) is 1.71. The third-order valence-electron chi connectivity index (χ3n) is 1.71. The van der Waals surface area contributed by atoms with Crippen molar-refractivity contribution in [3.63, 3.8) is 0 Å². The van der Waals surface area contributed by atoms with Crippen molar-refractivity contribution in [1.29, 1.82) is 0 Å². The first-order chi connectivity index (χ1) is 6.06. The Morgan fingerprint density at radius 2 is 1.85 bits per heavy atom. The van der Waals surface area contributed by atoms with Gasteiger partial charge in [0.05, 0.1) is 17.9 Å². The van der Waals surface area contributed by atoms with Crippen LogP contribution in [0.4, 0.5) is 0 Å². The standard InChI is InChI=1S/C8H11N3O2/c1-4-7(8(12)13)5(2)11-6(3-9)10-4/h3,9H2,1-2H3,(H,12,13). The Bertz CT molecular complexity index is 326. The predicted molar refractivity (Wildman–Crippen MR) is 46.4 cm³/mol. The summed E-state index contributed by atoms with van der Waals surface area (Å²) >= 11 is 0. The van der Waals surface area contributed by atoms with Gasteiger partial charge >= 0.3 is 5.97 Å². The minimum absolute atomic E-state index is 0.164. The predicted octanol–water partition coefficient (Wildman–Crippen LogP) is 0.250. The molecule has 0 amide bonds. The molecule has 0 aliphatic heterocycles. The van der Waals surface area contributed by atoms with Crippen LogP contribution in [0.2, 0.25) is 0 Å². The summed E-state index contributed by atoms with van der Waals surface area (Å²) in [6.07, 6.45) is 0. The van der Waals surface area contributed by atoms with Gasteiger partial charge in [-0.25, -0.2) is 14.8 Å². The van der Waals surface area contributed by atoms with E-state index in [9.17, 15) is 4.79 Å². The zero-order valence-corrected chi connectivity index (χ0v) is 7.53. The largest absolute Gasteiger partial charge is 0.478 e. The van der Waals surface area contributed by atoms with Gasteiger partial charge in [0.2, 0.25) is 0 Å². The zero-order chi connectivity index (χ0) is 10.0. The van der Waals surface area contributed by atoms with Crippen molar-refractivity contribution in [2.24, 2.45) is 5.73 Å². The van der Waals surface area contributed by atoms with Gasteiger partial charge in [0.25, 0.3) is 0 Å². The number of carbonyl (C=O) groups is 1. The van der Waals surface area contributed by atoms with Gasteiger partial charge in [-0.2, -0.15) is 0 Å². The molecule has 70 valence electrons. The topological polar surface area (TPSA) is 89.1 Å². The molecule has 5 heteroatoms. The van der Waals surface area contributed by atoms with Crippen LogP contribution in [0.1, 0.15) is 27.6 Å². The highest BCUT2D eigenvalue weighted by atomic mass is 16.4. The van der Waals surface area contributed by atoms with Crippen LogP contribution in [0.3, 0.4) is 0 Å². The van der Waals surface area contributed by atoms with Crippen molar-refractivity contribution in [1.82, 2.24) is 9.97 Å². The van der Waals surface area contributed by atoms with Crippen molar-refractivity contribution in [2.45, 2.75) is 20.4 Å². The van der Waals surface area contributed by atoms with Crippen LogP contribution in [0.25, 0.3) is 0 Å². The number of aromatic nitrogens is 2. The fourth-order valence-electron chi connectivity index (χ4n) is 1.19. The maximum Gasteiger partial charge on any atom is 0.339 e. The number of hydrogen-bond acceptors (Lipinski definition) is 4. The molecule has 0 bridgehead atoms. The number of hydrogen-bond donors (Lipinski definition) is 2. The maximum absolute atomic E-state index is 10.7. The Morgan fingerprint density at radius 3 is 2.15 bits per heavy atom. The van der Waals surface area contributed by atoms with Crippen molar-refractivity contribution < 1.29 is 9.90 Å². The van der Waals surface area contributed by atoms with E-state index in [-0.39, 0.29) is 12.1 Å². The molecule has 13 heavy (non-hydrogen) atoms. The number of aromatic carboxylic acids is 1. The summed E-state index contributed by atoms with van der Waals surface area (Å²) in [5.41, 5.74) is 6.42. The van der Waals surface area contributed by atoms with E-state index in [1.54, 1.807) is 13.8 Å². The minimum atomic E-state index is -1.00. The highest BCUT2D eigenvalue weighted by molar-refractivity contribution is 5.89. The Balaban J connectivity index is 3.31. The molecule has 1 rings (SSSR count). The number of aryl methyl sites for hydroxylation is 2. The fraction of sp³-hybridized carbons (Fsp3) is 0.375. The first-order valence-corrected chi connectivity index (χ1v) is 3.83. The number of rotatable bonds is 2. The van der Waals surface area contributed by atoms with Gasteiger partial charge in [0.1, 0.15) is 11.4 Å².